The predicted molar refractivity (Wildman–Crippen MR) is 68.4 cm³/mol. The molecule has 6 nitrogen and oxygen atoms in total. The van der Waals surface area contributed by atoms with E-state index in [9.17, 15) is 9.59 Å². The molecule has 6 heteroatoms. The smallest absolute Gasteiger partial charge is 0.407 e. The van der Waals surface area contributed by atoms with Crippen LogP contribution in [0, 0.1) is 5.92 Å². The molecule has 0 unspecified atom stereocenters. The third-order valence-electron chi connectivity index (χ3n) is 1.61. The molecular formula is C12H24N2O4. The van der Waals surface area contributed by atoms with Crippen molar-refractivity contribution in [3.63, 3.8) is 0 Å². The van der Waals surface area contributed by atoms with Crippen LogP contribution in [0.15, 0.2) is 0 Å². The van der Waals surface area contributed by atoms with Gasteiger partial charge in [0.25, 0.3) is 0 Å². The zero-order chi connectivity index (χ0) is 14.2. The second-order valence-corrected chi connectivity index (χ2v) is 5.35. The zero-order valence-electron chi connectivity index (χ0n) is 11.8. The van der Waals surface area contributed by atoms with Crippen LogP contribution in [0.5, 0.6) is 0 Å². The molecule has 0 saturated carbocycles. The van der Waals surface area contributed by atoms with Gasteiger partial charge < -0.3 is 20.1 Å². The third kappa shape index (κ3) is 11.0. The molecule has 0 radical (unpaired) electrons. The van der Waals surface area contributed by atoms with Crippen molar-refractivity contribution in [2.75, 3.05) is 19.7 Å². The van der Waals surface area contributed by atoms with Crippen LogP contribution in [0.25, 0.3) is 0 Å². The molecule has 2 amide bonds. The minimum absolute atomic E-state index is 0.297. The fourth-order valence-corrected chi connectivity index (χ4v) is 0.937. The quantitative estimate of drug-likeness (QED) is 0.740. The van der Waals surface area contributed by atoms with Crippen LogP contribution in [0.4, 0.5) is 9.59 Å². The molecule has 0 rings (SSSR count). The fourth-order valence-electron chi connectivity index (χ4n) is 0.937. The number of hydrogen-bond donors (Lipinski definition) is 2. The van der Waals surface area contributed by atoms with Crippen LogP contribution >= 0.6 is 0 Å². The zero-order valence-corrected chi connectivity index (χ0v) is 11.8. The van der Waals surface area contributed by atoms with Gasteiger partial charge in [0, 0.05) is 13.1 Å². The SMILES string of the molecule is CC(C)COC(=O)NCCNC(=O)OC(C)(C)C. The van der Waals surface area contributed by atoms with Crippen LogP contribution in [-0.2, 0) is 9.47 Å². The van der Waals surface area contributed by atoms with Gasteiger partial charge in [-0.25, -0.2) is 9.59 Å². The van der Waals surface area contributed by atoms with Crippen molar-refractivity contribution in [3.8, 4) is 0 Å². The number of carbonyl (C=O) groups is 2. The van der Waals surface area contributed by atoms with Crippen molar-refractivity contribution < 1.29 is 19.1 Å². The van der Waals surface area contributed by atoms with Crippen molar-refractivity contribution >= 4 is 12.2 Å². The summed E-state index contributed by atoms with van der Waals surface area (Å²) in [6.45, 7) is 10.2. The summed E-state index contributed by atoms with van der Waals surface area (Å²) in [4.78, 5) is 22.4. The van der Waals surface area contributed by atoms with E-state index in [0.717, 1.165) is 0 Å². The Kier molecular flexibility index (Phi) is 7.16. The molecule has 0 heterocycles. The number of ether oxygens (including phenoxy) is 2. The van der Waals surface area contributed by atoms with E-state index < -0.39 is 17.8 Å². The van der Waals surface area contributed by atoms with E-state index in [-0.39, 0.29) is 0 Å². The number of nitrogens with one attached hydrogen (secondary N) is 2. The maximum Gasteiger partial charge on any atom is 0.407 e. The lowest BCUT2D eigenvalue weighted by molar-refractivity contribution is 0.0527. The van der Waals surface area contributed by atoms with Crippen molar-refractivity contribution in [2.24, 2.45) is 5.92 Å². The lowest BCUT2D eigenvalue weighted by atomic mass is 10.2. The minimum atomic E-state index is -0.520. The summed E-state index contributed by atoms with van der Waals surface area (Å²) in [5.74, 6) is 0.302. The highest BCUT2D eigenvalue weighted by molar-refractivity contribution is 5.68. The molecule has 0 saturated heterocycles. The molecule has 18 heavy (non-hydrogen) atoms. The molecular weight excluding hydrogens is 236 g/mol. The summed E-state index contributed by atoms with van der Waals surface area (Å²) in [5.41, 5.74) is -0.520. The molecule has 0 aromatic carbocycles. The molecule has 106 valence electrons. The Bertz CT molecular complexity index is 272. The molecule has 0 aliphatic rings. The van der Waals surface area contributed by atoms with E-state index in [4.69, 9.17) is 9.47 Å². The summed E-state index contributed by atoms with van der Waals surface area (Å²) in [7, 11) is 0. The number of amides is 2. The molecule has 0 atom stereocenters. The van der Waals surface area contributed by atoms with Crippen LogP contribution in [-0.4, -0.2) is 37.5 Å². The van der Waals surface area contributed by atoms with E-state index in [1.165, 1.54) is 0 Å². The summed E-state index contributed by atoms with van der Waals surface area (Å²) in [5, 5.41) is 5.05. The largest absolute Gasteiger partial charge is 0.449 e. The normalized spacial score (nSPS) is 11.0. The molecule has 0 aromatic heterocycles. The lowest BCUT2D eigenvalue weighted by Gasteiger charge is -2.19. The van der Waals surface area contributed by atoms with Gasteiger partial charge in [-0.1, -0.05) is 13.8 Å². The summed E-state index contributed by atoms with van der Waals surface area (Å²) < 4.78 is 9.93. The highest BCUT2D eigenvalue weighted by Crippen LogP contribution is 2.05. The Morgan fingerprint density at radius 1 is 1.06 bits per heavy atom. The van der Waals surface area contributed by atoms with Crippen molar-refractivity contribution in [2.45, 2.75) is 40.2 Å². The van der Waals surface area contributed by atoms with Gasteiger partial charge in [0.2, 0.25) is 0 Å². The predicted octanol–water partition coefficient (Wildman–Crippen LogP) is 1.89. The van der Waals surface area contributed by atoms with Crippen LogP contribution in [0.3, 0.4) is 0 Å². The number of hydrogen-bond acceptors (Lipinski definition) is 4. The van der Waals surface area contributed by atoms with Gasteiger partial charge in [0.1, 0.15) is 5.60 Å². The van der Waals surface area contributed by atoms with Gasteiger partial charge in [-0.05, 0) is 26.7 Å². The Balaban J connectivity index is 3.56. The first kappa shape index (κ1) is 16.5. The molecule has 0 aliphatic carbocycles. The summed E-state index contributed by atoms with van der Waals surface area (Å²) in [6, 6.07) is 0. The molecule has 0 spiro atoms. The summed E-state index contributed by atoms with van der Waals surface area (Å²) in [6.07, 6.45) is -0.977. The summed E-state index contributed by atoms with van der Waals surface area (Å²) >= 11 is 0. The van der Waals surface area contributed by atoms with Crippen LogP contribution in [0.1, 0.15) is 34.6 Å². The van der Waals surface area contributed by atoms with E-state index in [2.05, 4.69) is 10.6 Å². The second-order valence-electron chi connectivity index (χ2n) is 5.35. The topological polar surface area (TPSA) is 76.7 Å². The number of rotatable bonds is 5. The Labute approximate surface area is 108 Å². The maximum absolute atomic E-state index is 11.2. The third-order valence-corrected chi connectivity index (χ3v) is 1.61. The fraction of sp³-hybridized carbons (Fsp3) is 0.833. The number of alkyl carbamates (subject to hydrolysis) is 2. The average molecular weight is 260 g/mol. The van der Waals surface area contributed by atoms with Gasteiger partial charge >= 0.3 is 12.2 Å². The first-order valence-electron chi connectivity index (χ1n) is 6.08. The van der Waals surface area contributed by atoms with E-state index in [1.807, 2.05) is 13.8 Å². The van der Waals surface area contributed by atoms with Crippen molar-refractivity contribution in [1.29, 1.82) is 0 Å². The van der Waals surface area contributed by atoms with Crippen LogP contribution < -0.4 is 10.6 Å². The Morgan fingerprint density at radius 3 is 2.00 bits per heavy atom. The van der Waals surface area contributed by atoms with Gasteiger partial charge in [0.05, 0.1) is 6.61 Å². The number of carbonyl (C=O) groups excluding carboxylic acids is 2. The van der Waals surface area contributed by atoms with Crippen molar-refractivity contribution in [3.05, 3.63) is 0 Å². The van der Waals surface area contributed by atoms with Crippen molar-refractivity contribution in [1.82, 2.24) is 10.6 Å². The monoisotopic (exact) mass is 260 g/mol. The lowest BCUT2D eigenvalue weighted by Crippen LogP contribution is -2.38. The Morgan fingerprint density at radius 2 is 1.56 bits per heavy atom. The molecule has 2 N–H and O–H groups in total. The van der Waals surface area contributed by atoms with Gasteiger partial charge in [-0.2, -0.15) is 0 Å². The molecule has 0 aromatic rings. The first-order valence-corrected chi connectivity index (χ1v) is 6.08. The first-order chi connectivity index (χ1) is 8.20. The molecule has 0 fully saturated rings. The van der Waals surface area contributed by atoms with E-state index in [1.54, 1.807) is 20.8 Å². The highest BCUT2D eigenvalue weighted by Gasteiger charge is 2.15. The maximum atomic E-state index is 11.2. The van der Waals surface area contributed by atoms with Crippen LogP contribution in [0.2, 0.25) is 0 Å². The molecule has 0 aliphatic heterocycles. The van der Waals surface area contributed by atoms with Gasteiger partial charge in [-0.3, -0.25) is 0 Å². The standard InChI is InChI=1S/C12H24N2O4/c1-9(2)8-17-10(15)13-6-7-14-11(16)18-12(3,4)5/h9H,6-8H2,1-5H3,(H,13,15)(H,14,16). The van der Waals surface area contributed by atoms with Gasteiger partial charge in [0.15, 0.2) is 0 Å². The average Bonchev–Trinajstić information content (AvgIpc) is 2.19. The minimum Gasteiger partial charge on any atom is -0.449 e. The Hall–Kier alpha value is -1.46. The highest BCUT2D eigenvalue weighted by atomic mass is 16.6. The molecule has 0 bridgehead atoms. The second kappa shape index (κ2) is 7.79. The van der Waals surface area contributed by atoms with E-state index in [0.29, 0.717) is 25.6 Å². The van der Waals surface area contributed by atoms with Gasteiger partial charge in [-0.15, -0.1) is 0 Å². The van der Waals surface area contributed by atoms with E-state index >= 15 is 0 Å².